The van der Waals surface area contributed by atoms with E-state index < -0.39 is 0 Å². The van der Waals surface area contributed by atoms with Gasteiger partial charge < -0.3 is 9.13 Å². The zero-order chi connectivity index (χ0) is 13.4. The number of fused-ring (bicyclic) bond motifs is 1. The molecule has 96 valence electrons. The Hall–Kier alpha value is -2.00. The third-order valence-electron chi connectivity index (χ3n) is 3.20. The lowest BCUT2D eigenvalue weighted by molar-refractivity contribution is 0.0973. The molecule has 0 unspecified atom stereocenters. The molecule has 0 bridgehead atoms. The molecule has 0 fully saturated rings. The first-order chi connectivity index (χ1) is 9.13. The molecule has 0 aliphatic heterocycles. The first-order valence-electron chi connectivity index (χ1n) is 6.03. The Bertz CT molecular complexity index is 754. The number of ketones is 1. The van der Waals surface area contributed by atoms with Crippen LogP contribution in [0, 0.1) is 0 Å². The highest BCUT2D eigenvalue weighted by Gasteiger charge is 2.10. The van der Waals surface area contributed by atoms with Gasteiger partial charge in [-0.15, -0.1) is 0 Å². The van der Waals surface area contributed by atoms with E-state index in [1.807, 2.05) is 65.1 Å². The number of hydrogen-bond acceptors (Lipinski definition) is 1. The van der Waals surface area contributed by atoms with Gasteiger partial charge in [-0.05, 0) is 29.7 Å². The summed E-state index contributed by atoms with van der Waals surface area (Å²) in [6, 6.07) is 9.52. The monoisotopic (exact) mass is 272 g/mol. The van der Waals surface area contributed by atoms with Crippen molar-refractivity contribution < 1.29 is 4.79 Å². The molecule has 4 heteroatoms. The highest BCUT2D eigenvalue weighted by atomic mass is 35.5. The van der Waals surface area contributed by atoms with E-state index in [0.717, 1.165) is 16.5 Å². The van der Waals surface area contributed by atoms with Crippen molar-refractivity contribution in [2.24, 2.45) is 7.05 Å². The minimum atomic E-state index is 0.0954. The van der Waals surface area contributed by atoms with E-state index in [-0.39, 0.29) is 5.78 Å². The van der Waals surface area contributed by atoms with E-state index in [0.29, 0.717) is 11.6 Å². The third-order valence-corrected chi connectivity index (χ3v) is 3.44. The van der Waals surface area contributed by atoms with Gasteiger partial charge in [0.15, 0.2) is 5.78 Å². The number of benzene rings is 1. The molecule has 0 spiro atoms. The summed E-state index contributed by atoms with van der Waals surface area (Å²) in [7, 11) is 1.90. The molecule has 3 aromatic rings. The van der Waals surface area contributed by atoms with Gasteiger partial charge in [0.05, 0.1) is 6.54 Å². The van der Waals surface area contributed by atoms with Crippen molar-refractivity contribution in [2.75, 3.05) is 0 Å². The fourth-order valence-electron chi connectivity index (χ4n) is 2.21. The van der Waals surface area contributed by atoms with Crippen LogP contribution in [0.1, 0.15) is 10.4 Å². The summed E-state index contributed by atoms with van der Waals surface area (Å²) in [5.74, 6) is 0.0954. The summed E-state index contributed by atoms with van der Waals surface area (Å²) in [6.07, 6.45) is 5.63. The van der Waals surface area contributed by atoms with Crippen LogP contribution in [0.25, 0.3) is 10.9 Å². The average Bonchev–Trinajstić information content (AvgIpc) is 2.97. The Kier molecular flexibility index (Phi) is 2.91. The molecule has 3 nitrogen and oxygen atoms in total. The second-order valence-corrected chi connectivity index (χ2v) is 5.07. The lowest BCUT2D eigenvalue weighted by atomic mass is 10.2. The van der Waals surface area contributed by atoms with Crippen LogP contribution in [0.4, 0.5) is 0 Å². The number of Topliss-reactive ketones (excluding diaryl/α,β-unsaturated/α-hetero) is 1. The molecule has 0 amide bonds. The maximum absolute atomic E-state index is 12.2. The molecule has 0 atom stereocenters. The molecule has 19 heavy (non-hydrogen) atoms. The van der Waals surface area contributed by atoms with Crippen LogP contribution in [0.2, 0.25) is 5.02 Å². The second-order valence-electron chi connectivity index (χ2n) is 4.64. The molecule has 0 radical (unpaired) electrons. The predicted molar refractivity (Wildman–Crippen MR) is 76.7 cm³/mol. The van der Waals surface area contributed by atoms with Crippen LogP contribution in [0.5, 0.6) is 0 Å². The van der Waals surface area contributed by atoms with Gasteiger partial charge in [-0.2, -0.15) is 0 Å². The molecule has 2 aromatic heterocycles. The van der Waals surface area contributed by atoms with Crippen LogP contribution in [0.15, 0.2) is 48.9 Å². The van der Waals surface area contributed by atoms with Crippen LogP contribution in [-0.4, -0.2) is 14.9 Å². The maximum atomic E-state index is 12.2. The summed E-state index contributed by atoms with van der Waals surface area (Å²) < 4.78 is 3.80. The van der Waals surface area contributed by atoms with E-state index in [1.54, 1.807) is 0 Å². The molecule has 1 aromatic carbocycles. The normalized spacial score (nSPS) is 11.1. The van der Waals surface area contributed by atoms with E-state index in [1.165, 1.54) is 0 Å². The number of rotatable bonds is 3. The summed E-state index contributed by atoms with van der Waals surface area (Å²) in [6.45, 7) is 0.327. The number of carbonyl (C=O) groups is 1. The Morgan fingerprint density at radius 1 is 1.21 bits per heavy atom. The van der Waals surface area contributed by atoms with Crippen LogP contribution >= 0.6 is 11.6 Å². The Balaban J connectivity index is 1.93. The molecule has 0 saturated carbocycles. The largest absolute Gasteiger partial charge is 0.357 e. The SMILES string of the molecule is Cn1ccc(C(=O)Cn2ccc3ccc(Cl)cc32)c1. The molecule has 3 rings (SSSR count). The molecular weight excluding hydrogens is 260 g/mol. The van der Waals surface area contributed by atoms with Gasteiger partial charge in [0.2, 0.25) is 0 Å². The van der Waals surface area contributed by atoms with E-state index in [2.05, 4.69) is 0 Å². The molecule has 0 N–H and O–H groups in total. The summed E-state index contributed by atoms with van der Waals surface area (Å²) in [5.41, 5.74) is 1.71. The predicted octanol–water partition coefficient (Wildman–Crippen LogP) is 3.52. The summed E-state index contributed by atoms with van der Waals surface area (Å²) in [4.78, 5) is 12.2. The van der Waals surface area contributed by atoms with Crippen molar-refractivity contribution in [1.29, 1.82) is 0 Å². The first-order valence-corrected chi connectivity index (χ1v) is 6.41. The van der Waals surface area contributed by atoms with Gasteiger partial charge in [0.1, 0.15) is 0 Å². The van der Waals surface area contributed by atoms with Gasteiger partial charge in [-0.25, -0.2) is 0 Å². The number of carbonyl (C=O) groups excluding carboxylic acids is 1. The van der Waals surface area contributed by atoms with Crippen LogP contribution in [0.3, 0.4) is 0 Å². The fraction of sp³-hybridized carbons (Fsp3) is 0.133. The number of nitrogens with zero attached hydrogens (tertiary/aromatic N) is 2. The van der Waals surface area contributed by atoms with Crippen molar-refractivity contribution >= 4 is 28.3 Å². The number of aromatic nitrogens is 2. The standard InChI is InChI=1S/C15H13ClN2O/c1-17-6-4-12(9-17)15(19)10-18-7-5-11-2-3-13(16)8-14(11)18/h2-9H,10H2,1H3. The molecule has 0 aliphatic carbocycles. The number of halogens is 1. The van der Waals surface area contributed by atoms with Gasteiger partial charge >= 0.3 is 0 Å². The van der Waals surface area contributed by atoms with Crippen molar-refractivity contribution in [3.63, 3.8) is 0 Å². The van der Waals surface area contributed by atoms with E-state index >= 15 is 0 Å². The van der Waals surface area contributed by atoms with Gasteiger partial charge in [0, 0.05) is 41.7 Å². The van der Waals surface area contributed by atoms with Gasteiger partial charge in [-0.1, -0.05) is 17.7 Å². The van der Waals surface area contributed by atoms with Crippen molar-refractivity contribution in [2.45, 2.75) is 6.54 Å². The maximum Gasteiger partial charge on any atom is 0.184 e. The smallest absolute Gasteiger partial charge is 0.184 e. The Labute approximate surface area is 116 Å². The zero-order valence-electron chi connectivity index (χ0n) is 10.5. The van der Waals surface area contributed by atoms with E-state index in [9.17, 15) is 4.79 Å². The van der Waals surface area contributed by atoms with Gasteiger partial charge in [0.25, 0.3) is 0 Å². The minimum Gasteiger partial charge on any atom is -0.357 e. The quantitative estimate of drug-likeness (QED) is 0.670. The highest BCUT2D eigenvalue weighted by Crippen LogP contribution is 2.21. The van der Waals surface area contributed by atoms with Gasteiger partial charge in [-0.3, -0.25) is 4.79 Å². The lowest BCUT2D eigenvalue weighted by Gasteiger charge is -2.04. The molecule has 0 saturated heterocycles. The Morgan fingerprint density at radius 2 is 2.05 bits per heavy atom. The average molecular weight is 273 g/mol. The fourth-order valence-corrected chi connectivity index (χ4v) is 2.38. The third kappa shape index (κ3) is 2.29. The molecule has 0 aliphatic rings. The lowest BCUT2D eigenvalue weighted by Crippen LogP contribution is -2.08. The summed E-state index contributed by atoms with van der Waals surface area (Å²) in [5, 5.41) is 1.77. The van der Waals surface area contributed by atoms with E-state index in [4.69, 9.17) is 11.6 Å². The van der Waals surface area contributed by atoms with Crippen molar-refractivity contribution in [3.05, 3.63) is 59.5 Å². The second kappa shape index (κ2) is 4.59. The van der Waals surface area contributed by atoms with Crippen molar-refractivity contribution in [1.82, 2.24) is 9.13 Å². The molecule has 2 heterocycles. The number of hydrogen-bond donors (Lipinski definition) is 0. The van der Waals surface area contributed by atoms with Crippen molar-refractivity contribution in [3.8, 4) is 0 Å². The Morgan fingerprint density at radius 3 is 2.79 bits per heavy atom. The topological polar surface area (TPSA) is 26.9 Å². The minimum absolute atomic E-state index is 0.0954. The number of aryl methyl sites for hydroxylation is 1. The zero-order valence-corrected chi connectivity index (χ0v) is 11.3. The highest BCUT2D eigenvalue weighted by molar-refractivity contribution is 6.31. The van der Waals surface area contributed by atoms with Crippen LogP contribution in [-0.2, 0) is 13.6 Å². The first kappa shape index (κ1) is 12.1. The molecular formula is C15H13ClN2O. The van der Waals surface area contributed by atoms with Crippen LogP contribution < -0.4 is 0 Å². The summed E-state index contributed by atoms with van der Waals surface area (Å²) >= 11 is 6.00.